The van der Waals surface area contributed by atoms with Crippen LogP contribution in [0.3, 0.4) is 0 Å². The third-order valence-electron chi connectivity index (χ3n) is 9.15. The van der Waals surface area contributed by atoms with Gasteiger partial charge in [0.1, 0.15) is 24.8 Å². The lowest BCUT2D eigenvalue weighted by Crippen LogP contribution is -2.53. The van der Waals surface area contributed by atoms with E-state index in [9.17, 15) is 19.5 Å². The molecular weight excluding hydrogens is 653 g/mol. The number of aliphatic hydroxyl groups is 1. The van der Waals surface area contributed by atoms with E-state index in [1.54, 1.807) is 18.2 Å². The fraction of sp³-hybridized carbons (Fsp3) is 0.583. The molecule has 12 heteroatoms. The number of halogens is 1. The van der Waals surface area contributed by atoms with Gasteiger partial charge in [-0.2, -0.15) is 0 Å². The minimum absolute atomic E-state index is 0.0153. The van der Waals surface area contributed by atoms with Gasteiger partial charge in [-0.1, -0.05) is 86.2 Å². The van der Waals surface area contributed by atoms with Crippen LogP contribution in [0, 0.1) is 11.8 Å². The molecule has 1 aliphatic carbocycles. The number of benzene rings is 2. The summed E-state index contributed by atoms with van der Waals surface area (Å²) in [7, 11) is -1.71. The predicted molar refractivity (Wildman–Crippen MR) is 187 cm³/mol. The van der Waals surface area contributed by atoms with Crippen LogP contribution >= 0.6 is 20.0 Å². The average molecular weight is 704 g/mol. The van der Waals surface area contributed by atoms with Gasteiger partial charge in [0, 0.05) is 11.6 Å². The molecule has 5 atom stereocenters. The second-order valence-electron chi connectivity index (χ2n) is 12.7. The van der Waals surface area contributed by atoms with Gasteiger partial charge >= 0.3 is 6.09 Å². The van der Waals surface area contributed by atoms with Crippen LogP contribution in [0.1, 0.15) is 82.4 Å². The van der Waals surface area contributed by atoms with Crippen LogP contribution in [0.2, 0.25) is 5.02 Å². The Kier molecular flexibility index (Phi) is 16.1. The fourth-order valence-corrected chi connectivity index (χ4v) is 8.36. The van der Waals surface area contributed by atoms with Crippen LogP contribution in [-0.4, -0.2) is 72.5 Å². The van der Waals surface area contributed by atoms with Crippen LogP contribution in [0.4, 0.5) is 4.79 Å². The molecule has 48 heavy (non-hydrogen) atoms. The number of alkyl carbamates (subject to hydrolysis) is 1. The highest BCUT2D eigenvalue weighted by atomic mass is 35.5. The van der Waals surface area contributed by atoms with Crippen molar-refractivity contribution in [2.45, 2.75) is 95.8 Å². The number of carbonyl (C=O) groups excluding carboxylic acids is 3. The Morgan fingerprint density at radius 2 is 1.71 bits per heavy atom. The highest BCUT2D eigenvalue weighted by Gasteiger charge is 2.38. The maximum Gasteiger partial charge on any atom is 0.408 e. The van der Waals surface area contributed by atoms with Crippen molar-refractivity contribution < 1.29 is 33.3 Å². The quantitative estimate of drug-likeness (QED) is 0.115. The van der Waals surface area contributed by atoms with Crippen molar-refractivity contribution >= 4 is 38.3 Å². The monoisotopic (exact) mass is 703 g/mol. The summed E-state index contributed by atoms with van der Waals surface area (Å²) in [5, 5.41) is 18.1. The number of amides is 2. The van der Waals surface area contributed by atoms with E-state index in [-0.39, 0.29) is 30.4 Å². The first-order chi connectivity index (χ1) is 23.3. The van der Waals surface area contributed by atoms with E-state index in [1.165, 1.54) is 6.42 Å². The third kappa shape index (κ3) is 11.8. The molecule has 3 N–H and O–H groups in total. The topological polar surface area (TPSA) is 126 Å². The summed E-state index contributed by atoms with van der Waals surface area (Å²) >= 11 is 6.09. The van der Waals surface area contributed by atoms with Gasteiger partial charge in [-0.25, -0.2) is 4.79 Å². The lowest BCUT2D eigenvalue weighted by atomic mass is 9.84. The number of likely N-dealkylation sites (tertiary alicyclic amines) is 1. The van der Waals surface area contributed by atoms with Crippen molar-refractivity contribution in [1.29, 1.82) is 0 Å². The Hall–Kier alpha value is -2.59. The van der Waals surface area contributed by atoms with Crippen LogP contribution in [-0.2, 0) is 30.0 Å². The molecule has 2 fully saturated rings. The summed E-state index contributed by atoms with van der Waals surface area (Å²) in [4.78, 5) is 41.4. The maximum atomic E-state index is 14.1. The van der Waals surface area contributed by atoms with Crippen molar-refractivity contribution in [1.82, 2.24) is 15.5 Å². The highest BCUT2D eigenvalue weighted by molar-refractivity contribution is 7.47. The summed E-state index contributed by atoms with van der Waals surface area (Å²) in [6.45, 7) is 5.75. The molecule has 1 aliphatic heterocycles. The number of hydrogen-bond acceptors (Lipinski definition) is 8. The smallest absolute Gasteiger partial charge is 0.408 e. The molecule has 4 unspecified atom stereocenters. The van der Waals surface area contributed by atoms with E-state index in [0.717, 1.165) is 56.1 Å². The van der Waals surface area contributed by atoms with E-state index >= 15 is 0 Å². The van der Waals surface area contributed by atoms with Crippen molar-refractivity contribution in [3.05, 3.63) is 70.7 Å². The Morgan fingerprint density at radius 3 is 2.38 bits per heavy atom. The SMILES string of the molecule is CCOP(OCC)C(O)C(CC1CCN(C(C=O)c2ccccc2)C1)NC(=O)[C@H](CC1CCCCC1)NC(=O)OCc1cccc(Cl)c1. The molecule has 4 rings (SSSR count). The second kappa shape index (κ2) is 20.2. The molecule has 2 aromatic carbocycles. The normalized spacial score (nSPS) is 19.7. The zero-order chi connectivity index (χ0) is 34.3. The second-order valence-corrected chi connectivity index (χ2v) is 14.7. The number of ether oxygens (including phenoxy) is 1. The lowest BCUT2D eigenvalue weighted by molar-refractivity contribution is -0.125. The molecule has 1 heterocycles. The predicted octanol–water partition coefficient (Wildman–Crippen LogP) is 6.75. The van der Waals surface area contributed by atoms with Crippen molar-refractivity contribution in [2.75, 3.05) is 26.3 Å². The zero-order valence-corrected chi connectivity index (χ0v) is 29.7. The molecule has 0 bridgehead atoms. The molecule has 0 radical (unpaired) electrons. The molecule has 2 aromatic rings. The minimum Gasteiger partial charge on any atom is -0.445 e. The largest absolute Gasteiger partial charge is 0.445 e. The minimum atomic E-state index is -1.71. The Bertz CT molecular complexity index is 1280. The zero-order valence-electron chi connectivity index (χ0n) is 28.1. The first-order valence-corrected chi connectivity index (χ1v) is 18.9. The number of carbonyl (C=O) groups is 3. The molecule has 10 nitrogen and oxygen atoms in total. The molecule has 0 spiro atoms. The van der Waals surface area contributed by atoms with Crippen molar-refractivity contribution in [2.24, 2.45) is 11.8 Å². The number of aldehydes is 1. The van der Waals surface area contributed by atoms with Crippen molar-refractivity contribution in [3.63, 3.8) is 0 Å². The van der Waals surface area contributed by atoms with E-state index in [2.05, 4.69) is 15.5 Å². The van der Waals surface area contributed by atoms with Gasteiger partial charge in [0.2, 0.25) is 14.3 Å². The van der Waals surface area contributed by atoms with Gasteiger partial charge in [-0.05, 0) is 74.8 Å². The molecule has 1 saturated carbocycles. The van der Waals surface area contributed by atoms with E-state index < -0.39 is 32.4 Å². The van der Waals surface area contributed by atoms with Gasteiger partial charge in [0.25, 0.3) is 0 Å². The van der Waals surface area contributed by atoms with E-state index in [4.69, 9.17) is 25.4 Å². The number of rotatable bonds is 18. The fourth-order valence-electron chi connectivity index (χ4n) is 6.77. The van der Waals surface area contributed by atoms with Gasteiger partial charge in [-0.3, -0.25) is 9.69 Å². The van der Waals surface area contributed by atoms with E-state index in [0.29, 0.717) is 37.6 Å². The molecular formula is C36H51ClN3O7P. The summed E-state index contributed by atoms with van der Waals surface area (Å²) in [5.74, 6) is -1.09. The standard InChI is InChI=1S/C36H51ClN3O7P/c1-3-46-48(47-4-2)35(43)32(22-27-18-19-40(23-27)33(24-41)29-15-9-6-10-16-29)38-34(42)31(21-26-12-7-5-8-13-26)39-36(44)45-25-28-14-11-17-30(37)20-28/h6,9-11,14-17,20,24,26-27,31-33,35,43H,3-5,7-8,12-13,18-19,21-23,25H2,1-2H3,(H,38,42)(H,39,44)/t27?,31-,32?,33?,35?/m0/s1. The van der Waals surface area contributed by atoms with Crippen LogP contribution in [0.5, 0.6) is 0 Å². The first kappa shape index (κ1) is 38.2. The molecule has 2 amide bonds. The van der Waals surface area contributed by atoms with Gasteiger partial charge in [0.05, 0.1) is 25.3 Å². The summed E-state index contributed by atoms with van der Waals surface area (Å²) in [6.07, 6.45) is 7.35. The molecule has 1 saturated heterocycles. The van der Waals surface area contributed by atoms with Gasteiger partial charge in [0.15, 0.2) is 0 Å². The Balaban J connectivity index is 1.48. The van der Waals surface area contributed by atoms with Gasteiger partial charge in [-0.15, -0.1) is 0 Å². The summed E-state index contributed by atoms with van der Waals surface area (Å²) < 4.78 is 17.1. The van der Waals surface area contributed by atoms with Crippen LogP contribution in [0.15, 0.2) is 54.6 Å². The summed E-state index contributed by atoms with van der Waals surface area (Å²) in [5.41, 5.74) is 1.68. The molecule has 0 aromatic heterocycles. The Morgan fingerprint density at radius 1 is 0.979 bits per heavy atom. The maximum absolute atomic E-state index is 14.1. The summed E-state index contributed by atoms with van der Waals surface area (Å²) in [6, 6.07) is 14.9. The highest BCUT2D eigenvalue weighted by Crippen LogP contribution is 2.45. The van der Waals surface area contributed by atoms with Gasteiger partial charge < -0.3 is 34.3 Å². The lowest BCUT2D eigenvalue weighted by Gasteiger charge is -2.33. The average Bonchev–Trinajstić information content (AvgIpc) is 3.55. The number of hydrogen-bond donors (Lipinski definition) is 3. The molecule has 2 aliphatic rings. The van der Waals surface area contributed by atoms with E-state index in [1.807, 2.05) is 50.2 Å². The third-order valence-corrected chi connectivity index (χ3v) is 11.2. The van der Waals surface area contributed by atoms with Crippen molar-refractivity contribution in [3.8, 4) is 0 Å². The Labute approximate surface area is 291 Å². The first-order valence-electron chi connectivity index (χ1n) is 17.3. The molecule has 264 valence electrons. The van der Waals surface area contributed by atoms with Crippen LogP contribution < -0.4 is 10.6 Å². The number of nitrogens with zero attached hydrogens (tertiary/aromatic N) is 1. The van der Waals surface area contributed by atoms with Crippen LogP contribution in [0.25, 0.3) is 0 Å². The number of nitrogens with one attached hydrogen (secondary N) is 2. The number of aliphatic hydroxyl groups excluding tert-OH is 1.